The fourth-order valence-electron chi connectivity index (χ4n) is 3.72. The van der Waals surface area contributed by atoms with Crippen molar-refractivity contribution < 1.29 is 0 Å². The Bertz CT molecular complexity index is 1110. The lowest BCUT2D eigenvalue weighted by molar-refractivity contribution is 1.26. The van der Waals surface area contributed by atoms with E-state index in [1.807, 2.05) is 48.8 Å². The van der Waals surface area contributed by atoms with Gasteiger partial charge in [0.2, 0.25) is 0 Å². The zero-order chi connectivity index (χ0) is 19.5. The van der Waals surface area contributed by atoms with Crippen LogP contribution in [0.15, 0.2) is 107 Å². The SMILES string of the molecule is C(=N\c1ccc2c(c1)Cc1cc(/N=C/c3ccccc3)ccc1-2)/c1ccccc1. The summed E-state index contributed by atoms with van der Waals surface area (Å²) in [5.74, 6) is 0. The first-order chi connectivity index (χ1) is 14.3. The van der Waals surface area contributed by atoms with E-state index in [1.165, 1.54) is 22.3 Å². The summed E-state index contributed by atoms with van der Waals surface area (Å²) in [4.78, 5) is 9.30. The van der Waals surface area contributed by atoms with Crippen LogP contribution in [0.4, 0.5) is 11.4 Å². The Morgan fingerprint density at radius 1 is 0.517 bits per heavy atom. The van der Waals surface area contributed by atoms with Crippen molar-refractivity contribution >= 4 is 23.8 Å². The monoisotopic (exact) mass is 372 g/mol. The number of aliphatic imine (C=N–C) groups is 2. The van der Waals surface area contributed by atoms with E-state index in [0.29, 0.717) is 0 Å². The van der Waals surface area contributed by atoms with Crippen LogP contribution in [0.3, 0.4) is 0 Å². The zero-order valence-electron chi connectivity index (χ0n) is 16.0. The van der Waals surface area contributed by atoms with Gasteiger partial charge in [0.25, 0.3) is 0 Å². The lowest BCUT2D eigenvalue weighted by atomic mass is 10.1. The normalized spacial score (nSPS) is 12.4. The number of hydrogen-bond acceptors (Lipinski definition) is 2. The smallest absolute Gasteiger partial charge is 0.0633 e. The minimum absolute atomic E-state index is 0.925. The molecule has 0 N–H and O–H groups in total. The van der Waals surface area contributed by atoms with Gasteiger partial charge in [-0.2, -0.15) is 0 Å². The summed E-state index contributed by atoms with van der Waals surface area (Å²) in [6.07, 6.45) is 4.76. The Morgan fingerprint density at radius 3 is 1.41 bits per heavy atom. The van der Waals surface area contributed by atoms with Crippen molar-refractivity contribution in [3.05, 3.63) is 119 Å². The summed E-state index contributed by atoms with van der Waals surface area (Å²) in [7, 11) is 0. The Balaban J connectivity index is 1.37. The Labute approximate surface area is 170 Å². The van der Waals surface area contributed by atoms with Crippen LogP contribution in [0, 0.1) is 0 Å². The van der Waals surface area contributed by atoms with Crippen LogP contribution >= 0.6 is 0 Å². The largest absolute Gasteiger partial charge is 0.256 e. The summed E-state index contributed by atoms with van der Waals surface area (Å²) in [6.45, 7) is 0. The number of fused-ring (bicyclic) bond motifs is 3. The molecule has 138 valence electrons. The summed E-state index contributed by atoms with van der Waals surface area (Å²) in [6, 6.07) is 33.3. The second-order valence-corrected chi connectivity index (χ2v) is 7.20. The third kappa shape index (κ3) is 3.78. The topological polar surface area (TPSA) is 24.7 Å². The summed E-state index contributed by atoms with van der Waals surface area (Å²) in [5.41, 5.74) is 9.45. The quantitative estimate of drug-likeness (QED) is 0.311. The van der Waals surface area contributed by atoms with Crippen molar-refractivity contribution in [2.45, 2.75) is 6.42 Å². The van der Waals surface area contributed by atoms with Gasteiger partial charge >= 0.3 is 0 Å². The van der Waals surface area contributed by atoms with Gasteiger partial charge in [-0.05, 0) is 64.1 Å². The Kier molecular flexibility index (Phi) is 4.59. The van der Waals surface area contributed by atoms with E-state index in [4.69, 9.17) is 0 Å². The van der Waals surface area contributed by atoms with Gasteiger partial charge in [0.1, 0.15) is 0 Å². The van der Waals surface area contributed by atoms with Gasteiger partial charge in [-0.1, -0.05) is 72.8 Å². The standard InChI is InChI=1S/C27H20N2/c1-3-7-20(8-4-1)18-28-24-11-13-26-22(16-24)15-23-17-25(12-14-27(23)26)29-19-21-9-5-2-6-10-21/h1-14,16-19H,15H2/b28-18+,29-19+. The minimum Gasteiger partial charge on any atom is -0.256 e. The number of benzene rings is 4. The maximum absolute atomic E-state index is 4.65. The first-order valence-electron chi connectivity index (χ1n) is 9.80. The molecule has 1 aliphatic rings. The van der Waals surface area contributed by atoms with Crippen molar-refractivity contribution in [2.75, 3.05) is 0 Å². The third-order valence-corrected chi connectivity index (χ3v) is 5.17. The Hall–Kier alpha value is -3.78. The van der Waals surface area contributed by atoms with E-state index in [9.17, 15) is 0 Å². The van der Waals surface area contributed by atoms with Gasteiger partial charge in [-0.25, -0.2) is 0 Å². The molecule has 0 bridgehead atoms. The van der Waals surface area contributed by atoms with Crippen molar-refractivity contribution in [2.24, 2.45) is 9.98 Å². The molecular formula is C27H20N2. The predicted octanol–water partition coefficient (Wildman–Crippen LogP) is 6.76. The molecule has 0 saturated carbocycles. The molecule has 4 aromatic rings. The molecule has 0 amide bonds. The second kappa shape index (κ2) is 7.69. The highest BCUT2D eigenvalue weighted by atomic mass is 14.7. The molecule has 0 fully saturated rings. The molecule has 2 heteroatoms. The molecule has 0 heterocycles. The number of nitrogens with zero attached hydrogens (tertiary/aromatic N) is 2. The van der Waals surface area contributed by atoms with Gasteiger partial charge in [-0.3, -0.25) is 9.98 Å². The summed E-state index contributed by atoms with van der Waals surface area (Å²) in [5, 5.41) is 0. The van der Waals surface area contributed by atoms with Crippen molar-refractivity contribution in [1.29, 1.82) is 0 Å². The molecule has 29 heavy (non-hydrogen) atoms. The molecule has 0 spiro atoms. The van der Waals surface area contributed by atoms with Gasteiger partial charge in [0.05, 0.1) is 11.4 Å². The van der Waals surface area contributed by atoms with E-state index in [2.05, 4.69) is 70.6 Å². The molecule has 0 aromatic heterocycles. The summed E-state index contributed by atoms with van der Waals surface area (Å²) >= 11 is 0. The van der Waals surface area contributed by atoms with E-state index in [-0.39, 0.29) is 0 Å². The lowest BCUT2D eigenvalue weighted by Gasteiger charge is -2.03. The van der Waals surface area contributed by atoms with Crippen LogP contribution in [0.2, 0.25) is 0 Å². The molecule has 4 aromatic carbocycles. The molecule has 1 aliphatic carbocycles. The maximum Gasteiger partial charge on any atom is 0.0633 e. The highest BCUT2D eigenvalue weighted by Gasteiger charge is 2.18. The van der Waals surface area contributed by atoms with Gasteiger partial charge < -0.3 is 0 Å². The van der Waals surface area contributed by atoms with Crippen LogP contribution in [0.5, 0.6) is 0 Å². The molecule has 0 unspecified atom stereocenters. The molecule has 2 nitrogen and oxygen atoms in total. The molecule has 0 atom stereocenters. The highest BCUT2D eigenvalue weighted by Crippen LogP contribution is 2.39. The number of rotatable bonds is 4. The zero-order valence-corrected chi connectivity index (χ0v) is 16.0. The highest BCUT2D eigenvalue weighted by molar-refractivity contribution is 5.85. The minimum atomic E-state index is 0.925. The third-order valence-electron chi connectivity index (χ3n) is 5.17. The van der Waals surface area contributed by atoms with Gasteiger partial charge in [-0.15, -0.1) is 0 Å². The molecule has 5 rings (SSSR count). The van der Waals surface area contributed by atoms with E-state index >= 15 is 0 Å². The molecule has 0 radical (unpaired) electrons. The van der Waals surface area contributed by atoms with Crippen LogP contribution < -0.4 is 0 Å². The van der Waals surface area contributed by atoms with E-state index < -0.39 is 0 Å². The van der Waals surface area contributed by atoms with Crippen LogP contribution in [0.1, 0.15) is 22.3 Å². The molecular weight excluding hydrogens is 352 g/mol. The summed E-state index contributed by atoms with van der Waals surface area (Å²) < 4.78 is 0. The van der Waals surface area contributed by atoms with Crippen LogP contribution in [-0.4, -0.2) is 12.4 Å². The average Bonchev–Trinajstić information content (AvgIpc) is 3.14. The maximum atomic E-state index is 4.65. The van der Waals surface area contributed by atoms with Gasteiger partial charge in [0, 0.05) is 12.4 Å². The lowest BCUT2D eigenvalue weighted by Crippen LogP contribution is -1.82. The van der Waals surface area contributed by atoms with Crippen LogP contribution in [-0.2, 0) is 6.42 Å². The molecule has 0 saturated heterocycles. The average molecular weight is 372 g/mol. The van der Waals surface area contributed by atoms with Crippen LogP contribution in [0.25, 0.3) is 11.1 Å². The fraction of sp³-hybridized carbons (Fsp3) is 0.0370. The first kappa shape index (κ1) is 17.3. The molecule has 0 aliphatic heterocycles. The van der Waals surface area contributed by atoms with Gasteiger partial charge in [0.15, 0.2) is 0 Å². The second-order valence-electron chi connectivity index (χ2n) is 7.20. The fourth-order valence-corrected chi connectivity index (χ4v) is 3.72. The number of hydrogen-bond donors (Lipinski definition) is 0. The van der Waals surface area contributed by atoms with Crippen molar-refractivity contribution in [1.82, 2.24) is 0 Å². The van der Waals surface area contributed by atoms with E-state index in [0.717, 1.165) is 28.9 Å². The van der Waals surface area contributed by atoms with E-state index in [1.54, 1.807) is 0 Å². The Morgan fingerprint density at radius 2 is 0.966 bits per heavy atom. The first-order valence-corrected chi connectivity index (χ1v) is 9.80. The van der Waals surface area contributed by atoms with Crippen molar-refractivity contribution in [3.8, 4) is 11.1 Å². The van der Waals surface area contributed by atoms with Crippen molar-refractivity contribution in [3.63, 3.8) is 0 Å². The predicted molar refractivity (Wildman–Crippen MR) is 122 cm³/mol.